The Hall–Kier alpha value is -0.420. The molecular weight excluding hydrogens is 312 g/mol. The Kier molecular flexibility index (Phi) is 4.43. The van der Waals surface area contributed by atoms with Crippen LogP contribution >= 0.6 is 27.7 Å². The average Bonchev–Trinajstić information content (AvgIpc) is 2.95. The summed E-state index contributed by atoms with van der Waals surface area (Å²) in [6.07, 6.45) is 3.09. The molecule has 1 amide bonds. The van der Waals surface area contributed by atoms with Crippen molar-refractivity contribution < 1.29 is 4.79 Å². The van der Waals surface area contributed by atoms with Gasteiger partial charge in [-0.2, -0.15) is 11.8 Å². The van der Waals surface area contributed by atoms with Crippen molar-refractivity contribution >= 4 is 33.6 Å². The van der Waals surface area contributed by atoms with Crippen molar-refractivity contribution in [1.82, 2.24) is 9.47 Å². The molecule has 1 fully saturated rings. The standard InChI is InChI=1S/C13H19BrN2OS/c1-9(2)16-7-10(14)6-12(16)13(17)15(3)11-4-5-18-8-11/h6-7,9,11H,4-5,8H2,1-3H3. The summed E-state index contributed by atoms with van der Waals surface area (Å²) >= 11 is 5.39. The van der Waals surface area contributed by atoms with Gasteiger partial charge >= 0.3 is 0 Å². The number of hydrogen-bond donors (Lipinski definition) is 0. The molecule has 0 saturated carbocycles. The fraction of sp³-hybridized carbons (Fsp3) is 0.615. The largest absolute Gasteiger partial charge is 0.340 e. The Bertz CT molecular complexity index is 438. The van der Waals surface area contributed by atoms with Crippen LogP contribution in [0.2, 0.25) is 0 Å². The Balaban J connectivity index is 2.22. The van der Waals surface area contributed by atoms with Crippen LogP contribution in [-0.4, -0.2) is 40.0 Å². The molecule has 0 N–H and O–H groups in total. The first-order valence-electron chi connectivity index (χ1n) is 6.23. The molecule has 1 aliphatic rings. The van der Waals surface area contributed by atoms with Gasteiger partial charge in [0, 0.05) is 35.6 Å². The summed E-state index contributed by atoms with van der Waals surface area (Å²) < 4.78 is 3.00. The molecule has 0 aromatic carbocycles. The fourth-order valence-corrected chi connectivity index (χ4v) is 3.92. The number of aromatic nitrogens is 1. The van der Waals surface area contributed by atoms with Crippen molar-refractivity contribution in [1.29, 1.82) is 0 Å². The van der Waals surface area contributed by atoms with Gasteiger partial charge in [-0.3, -0.25) is 4.79 Å². The summed E-state index contributed by atoms with van der Waals surface area (Å²) in [6, 6.07) is 2.60. The quantitative estimate of drug-likeness (QED) is 0.848. The van der Waals surface area contributed by atoms with Gasteiger partial charge in [-0.25, -0.2) is 0 Å². The molecule has 2 heterocycles. The lowest BCUT2D eigenvalue weighted by molar-refractivity contribution is 0.0735. The second-order valence-electron chi connectivity index (χ2n) is 4.98. The minimum Gasteiger partial charge on any atom is -0.340 e. The molecule has 1 saturated heterocycles. The highest BCUT2D eigenvalue weighted by molar-refractivity contribution is 9.10. The summed E-state index contributed by atoms with van der Waals surface area (Å²) in [5.74, 6) is 2.35. The van der Waals surface area contributed by atoms with Gasteiger partial charge in [0.15, 0.2) is 0 Å². The van der Waals surface area contributed by atoms with Crippen LogP contribution in [0.15, 0.2) is 16.7 Å². The van der Waals surface area contributed by atoms with Crippen LogP contribution in [0.5, 0.6) is 0 Å². The topological polar surface area (TPSA) is 25.2 Å². The molecule has 100 valence electrons. The van der Waals surface area contributed by atoms with Gasteiger partial charge in [-0.05, 0) is 48.0 Å². The number of thioether (sulfide) groups is 1. The third-order valence-corrected chi connectivity index (χ3v) is 4.94. The van der Waals surface area contributed by atoms with Gasteiger partial charge in [0.25, 0.3) is 5.91 Å². The molecule has 0 bridgehead atoms. The van der Waals surface area contributed by atoms with Crippen molar-refractivity contribution in [3.05, 3.63) is 22.4 Å². The SMILES string of the molecule is CC(C)n1cc(Br)cc1C(=O)N(C)C1CCSC1. The van der Waals surface area contributed by atoms with Crippen molar-refractivity contribution in [3.63, 3.8) is 0 Å². The van der Waals surface area contributed by atoms with E-state index < -0.39 is 0 Å². The van der Waals surface area contributed by atoms with E-state index in [1.807, 2.05) is 40.5 Å². The van der Waals surface area contributed by atoms with Gasteiger partial charge in [0.05, 0.1) is 0 Å². The summed E-state index contributed by atoms with van der Waals surface area (Å²) in [7, 11) is 1.92. The molecule has 5 heteroatoms. The minimum absolute atomic E-state index is 0.127. The molecule has 0 spiro atoms. The number of carbonyl (C=O) groups is 1. The smallest absolute Gasteiger partial charge is 0.270 e. The zero-order valence-electron chi connectivity index (χ0n) is 11.0. The van der Waals surface area contributed by atoms with E-state index in [0.717, 1.165) is 28.1 Å². The molecule has 3 nitrogen and oxygen atoms in total. The predicted molar refractivity (Wildman–Crippen MR) is 80.3 cm³/mol. The maximum atomic E-state index is 12.5. The third kappa shape index (κ3) is 2.77. The predicted octanol–water partition coefficient (Wildman–Crippen LogP) is 3.41. The lowest BCUT2D eigenvalue weighted by atomic mass is 10.2. The van der Waals surface area contributed by atoms with E-state index in [2.05, 4.69) is 29.8 Å². The first-order valence-corrected chi connectivity index (χ1v) is 8.17. The highest BCUT2D eigenvalue weighted by Gasteiger charge is 2.26. The number of amides is 1. The third-order valence-electron chi connectivity index (χ3n) is 3.36. The summed E-state index contributed by atoms with van der Waals surface area (Å²) in [4.78, 5) is 14.4. The van der Waals surface area contributed by atoms with Crippen LogP contribution in [0.4, 0.5) is 0 Å². The summed E-state index contributed by atoms with van der Waals surface area (Å²) in [5.41, 5.74) is 0.774. The van der Waals surface area contributed by atoms with E-state index in [4.69, 9.17) is 0 Å². The molecule has 18 heavy (non-hydrogen) atoms. The lowest BCUT2D eigenvalue weighted by Gasteiger charge is -2.25. The van der Waals surface area contributed by atoms with Gasteiger partial charge in [-0.1, -0.05) is 0 Å². The number of carbonyl (C=O) groups excluding carboxylic acids is 1. The van der Waals surface area contributed by atoms with Crippen molar-refractivity contribution in [3.8, 4) is 0 Å². The van der Waals surface area contributed by atoms with Crippen molar-refractivity contribution in [2.45, 2.75) is 32.4 Å². The van der Waals surface area contributed by atoms with Crippen LogP contribution in [0.1, 0.15) is 36.8 Å². The number of halogens is 1. The molecule has 0 radical (unpaired) electrons. The number of rotatable bonds is 3. The Morgan fingerprint density at radius 3 is 2.89 bits per heavy atom. The van der Waals surface area contributed by atoms with Crippen LogP contribution in [0.3, 0.4) is 0 Å². The van der Waals surface area contributed by atoms with Gasteiger partial charge in [0.2, 0.25) is 0 Å². The summed E-state index contributed by atoms with van der Waals surface area (Å²) in [6.45, 7) is 4.18. The highest BCUT2D eigenvalue weighted by atomic mass is 79.9. The minimum atomic E-state index is 0.127. The van der Waals surface area contributed by atoms with E-state index in [-0.39, 0.29) is 5.91 Å². The zero-order valence-corrected chi connectivity index (χ0v) is 13.4. The van der Waals surface area contributed by atoms with Crippen LogP contribution < -0.4 is 0 Å². The molecule has 1 aromatic heterocycles. The fourth-order valence-electron chi connectivity index (χ4n) is 2.22. The second-order valence-corrected chi connectivity index (χ2v) is 7.04. The van der Waals surface area contributed by atoms with E-state index in [1.54, 1.807) is 0 Å². The molecule has 2 rings (SSSR count). The Morgan fingerprint density at radius 1 is 1.61 bits per heavy atom. The van der Waals surface area contributed by atoms with Crippen LogP contribution in [0.25, 0.3) is 0 Å². The average molecular weight is 331 g/mol. The normalized spacial score (nSPS) is 19.5. The van der Waals surface area contributed by atoms with Crippen molar-refractivity contribution in [2.75, 3.05) is 18.6 Å². The zero-order chi connectivity index (χ0) is 13.3. The van der Waals surface area contributed by atoms with E-state index >= 15 is 0 Å². The highest BCUT2D eigenvalue weighted by Crippen LogP contribution is 2.25. The Morgan fingerprint density at radius 2 is 2.33 bits per heavy atom. The first kappa shape index (κ1) is 14.0. The molecule has 1 aliphatic heterocycles. The van der Waals surface area contributed by atoms with Crippen LogP contribution in [0, 0.1) is 0 Å². The van der Waals surface area contributed by atoms with Gasteiger partial charge in [-0.15, -0.1) is 0 Å². The maximum absolute atomic E-state index is 12.5. The molecule has 1 aromatic rings. The van der Waals surface area contributed by atoms with Crippen molar-refractivity contribution in [2.24, 2.45) is 0 Å². The lowest BCUT2D eigenvalue weighted by Crippen LogP contribution is -2.38. The van der Waals surface area contributed by atoms with E-state index in [0.29, 0.717) is 12.1 Å². The van der Waals surface area contributed by atoms with Crippen LogP contribution in [-0.2, 0) is 0 Å². The number of nitrogens with zero attached hydrogens (tertiary/aromatic N) is 2. The second kappa shape index (κ2) is 5.70. The molecular formula is C13H19BrN2OS. The van der Waals surface area contributed by atoms with Gasteiger partial charge < -0.3 is 9.47 Å². The van der Waals surface area contributed by atoms with Gasteiger partial charge in [0.1, 0.15) is 5.69 Å². The van der Waals surface area contributed by atoms with E-state index in [9.17, 15) is 4.79 Å². The maximum Gasteiger partial charge on any atom is 0.270 e. The monoisotopic (exact) mass is 330 g/mol. The molecule has 1 atom stereocenters. The van der Waals surface area contributed by atoms with E-state index in [1.165, 1.54) is 0 Å². The molecule has 1 unspecified atom stereocenters. The molecule has 0 aliphatic carbocycles. The number of hydrogen-bond acceptors (Lipinski definition) is 2. The first-order chi connectivity index (χ1) is 8.50. The summed E-state index contributed by atoms with van der Waals surface area (Å²) in [5, 5.41) is 0. The Labute approximate surface area is 121 Å².